The van der Waals surface area contributed by atoms with Crippen LogP contribution in [0.25, 0.3) is 11.0 Å². The molecule has 1 atom stereocenters. The highest BCUT2D eigenvalue weighted by Gasteiger charge is 2.49. The zero-order valence-electron chi connectivity index (χ0n) is 29.2. The molecule has 0 spiro atoms. The number of hydrogen-bond acceptors (Lipinski definition) is 17. The van der Waals surface area contributed by atoms with Crippen molar-refractivity contribution >= 4 is 68.7 Å². The topological polar surface area (TPSA) is 254 Å². The number of hydrogen-bond donors (Lipinski definition) is 0. The number of benzene rings is 2. The van der Waals surface area contributed by atoms with Gasteiger partial charge in [0.25, 0.3) is 33.7 Å². The monoisotopic (exact) mass is 815 g/mol. The van der Waals surface area contributed by atoms with Crippen molar-refractivity contribution in [3.8, 4) is 5.75 Å². The smallest absolute Gasteiger partial charge is 0.332 e. The van der Waals surface area contributed by atoms with Crippen molar-refractivity contribution in [3.63, 3.8) is 0 Å². The summed E-state index contributed by atoms with van der Waals surface area (Å²) in [6.45, 7) is 8.82. The van der Waals surface area contributed by atoms with E-state index >= 15 is 0 Å². The van der Waals surface area contributed by atoms with E-state index in [1.807, 2.05) is 44.2 Å². The van der Waals surface area contributed by atoms with Crippen LogP contribution in [0.3, 0.4) is 0 Å². The molecule has 2 aromatic carbocycles. The lowest BCUT2D eigenvalue weighted by molar-refractivity contribution is -0.195. The maximum absolute atomic E-state index is 11.4. The van der Waals surface area contributed by atoms with Gasteiger partial charge in [-0.1, -0.05) is 78.7 Å². The number of para-hydroxylation sites is 2. The predicted octanol–water partition coefficient (Wildman–Crippen LogP) is 3.77. The summed E-state index contributed by atoms with van der Waals surface area (Å²) in [5.74, 6) is -4.59. The van der Waals surface area contributed by atoms with E-state index < -0.39 is 63.3 Å². The molecule has 3 heterocycles. The van der Waals surface area contributed by atoms with Crippen LogP contribution in [0.4, 0.5) is 0 Å². The third-order valence-corrected chi connectivity index (χ3v) is 7.16. The van der Waals surface area contributed by atoms with Crippen LogP contribution >= 0.6 is 0 Å². The van der Waals surface area contributed by atoms with Crippen LogP contribution in [0.15, 0.2) is 54.6 Å². The minimum Gasteiger partial charge on any atom is -0.427 e. The minimum atomic E-state index is -4.15. The van der Waals surface area contributed by atoms with Gasteiger partial charge in [-0.2, -0.15) is 8.42 Å². The molecule has 3 aromatic rings. The molecule has 0 aliphatic carbocycles. The Kier molecular flexibility index (Phi) is 27.8. The normalized spacial score (nSPS) is 13.6. The molecule has 0 bridgehead atoms. The number of carbonyl (C=O) groups is 8. The van der Waals surface area contributed by atoms with E-state index in [9.17, 15) is 46.8 Å². The van der Waals surface area contributed by atoms with Crippen LogP contribution in [0, 0.1) is 0 Å². The first-order chi connectivity index (χ1) is 24.5. The number of esters is 1. The third-order valence-electron chi connectivity index (χ3n) is 5.63. The van der Waals surface area contributed by atoms with Crippen LogP contribution in [0.2, 0.25) is 0 Å². The first kappa shape index (κ1) is 56.6. The average molecular weight is 816 g/mol. The summed E-state index contributed by atoms with van der Waals surface area (Å²) >= 11 is 0. The molecule has 2 aliphatic rings. The fraction of sp³-hybridized carbons (Fsp3) is 0.429. The van der Waals surface area contributed by atoms with E-state index in [1.54, 1.807) is 24.3 Å². The molecule has 1 unspecified atom stereocenters. The molecule has 2 saturated heterocycles. The van der Waals surface area contributed by atoms with Crippen LogP contribution in [-0.2, 0) is 62.3 Å². The molecule has 21 heteroatoms. The molecular formula is C35H53N5O15S. The molecule has 314 valence electrons. The van der Waals surface area contributed by atoms with Gasteiger partial charge in [-0.25, -0.2) is 14.4 Å². The molecule has 0 saturated carbocycles. The van der Waals surface area contributed by atoms with Crippen molar-refractivity contribution in [2.75, 3.05) is 7.11 Å². The lowest BCUT2D eigenvalue weighted by Crippen LogP contribution is -2.36. The first-order valence-corrected chi connectivity index (χ1v) is 16.6. The number of fused-ring (bicyclic) bond motifs is 1. The van der Waals surface area contributed by atoms with Gasteiger partial charge in [0.05, 0.1) is 13.5 Å². The molecule has 1 aromatic heterocycles. The van der Waals surface area contributed by atoms with Crippen molar-refractivity contribution in [2.24, 2.45) is 0 Å². The number of rotatable bonds is 6. The van der Waals surface area contributed by atoms with Gasteiger partial charge >= 0.3 is 23.9 Å². The summed E-state index contributed by atoms with van der Waals surface area (Å²) in [6, 6.07) is 16.2. The van der Waals surface area contributed by atoms with Crippen molar-refractivity contribution in [3.05, 3.63) is 54.6 Å². The highest BCUT2D eigenvalue weighted by molar-refractivity contribution is 7.88. The van der Waals surface area contributed by atoms with Gasteiger partial charge in [-0.15, -0.1) is 15.2 Å². The van der Waals surface area contributed by atoms with Crippen molar-refractivity contribution in [1.29, 1.82) is 0 Å². The fourth-order valence-electron chi connectivity index (χ4n) is 3.63. The maximum Gasteiger partial charge on any atom is 0.332 e. The van der Waals surface area contributed by atoms with Crippen molar-refractivity contribution in [2.45, 2.75) is 95.8 Å². The highest BCUT2D eigenvalue weighted by atomic mass is 32.2. The van der Waals surface area contributed by atoms with Gasteiger partial charge in [-0.3, -0.25) is 28.2 Å². The van der Waals surface area contributed by atoms with E-state index in [-0.39, 0.29) is 53.6 Å². The van der Waals surface area contributed by atoms with E-state index in [1.165, 1.54) is 13.8 Å². The molecule has 20 nitrogen and oxygen atoms in total. The number of carbonyl (C=O) groups excluding carboxylic acids is 8. The largest absolute Gasteiger partial charge is 0.427 e. The van der Waals surface area contributed by atoms with Gasteiger partial charge in [-0.05, 0) is 29.5 Å². The molecule has 2 aliphatic heterocycles. The molecule has 56 heavy (non-hydrogen) atoms. The summed E-state index contributed by atoms with van der Waals surface area (Å²) in [5.41, 5.74) is 1.38. The van der Waals surface area contributed by atoms with Crippen molar-refractivity contribution in [1.82, 2.24) is 25.3 Å². The van der Waals surface area contributed by atoms with Crippen LogP contribution in [-0.4, -0.2) is 93.6 Å². The molecule has 2 fully saturated rings. The molecule has 0 N–H and O–H groups in total. The van der Waals surface area contributed by atoms with E-state index in [4.69, 9.17) is 9.57 Å². The first-order valence-electron chi connectivity index (χ1n) is 15.1. The molecule has 5 rings (SSSR count). The zero-order valence-corrected chi connectivity index (χ0v) is 30.0. The van der Waals surface area contributed by atoms with Gasteiger partial charge in [0, 0.05) is 40.5 Å². The number of hydroxylamine groups is 4. The van der Waals surface area contributed by atoms with E-state index in [2.05, 4.69) is 24.2 Å². The van der Waals surface area contributed by atoms with E-state index in [0.717, 1.165) is 25.8 Å². The average Bonchev–Trinajstić information content (AvgIpc) is 3.73. The lowest BCUT2D eigenvalue weighted by Gasteiger charge is -2.11. The number of nitrogens with zero attached hydrogens (tertiary/aromatic N) is 5. The van der Waals surface area contributed by atoms with Gasteiger partial charge in [0.1, 0.15) is 16.8 Å². The molecule has 0 radical (unpaired) electrons. The second-order valence-corrected chi connectivity index (χ2v) is 11.5. The lowest BCUT2D eigenvalue weighted by atomic mass is 10.3. The number of ether oxygens (including phenoxy) is 1. The fourth-order valence-corrected chi connectivity index (χ4v) is 4.55. The van der Waals surface area contributed by atoms with Crippen molar-refractivity contribution < 1.29 is 70.2 Å². The Morgan fingerprint density at radius 3 is 1.59 bits per heavy atom. The second kappa shape index (κ2) is 27.5. The van der Waals surface area contributed by atoms with Gasteiger partial charge < -0.3 is 19.2 Å². The Morgan fingerprint density at radius 1 is 0.661 bits per heavy atom. The van der Waals surface area contributed by atoms with Crippen LogP contribution < -0.4 is 9.57 Å². The quantitative estimate of drug-likeness (QED) is 0.113. The Hall–Kier alpha value is -6.09. The third kappa shape index (κ3) is 18.3. The van der Waals surface area contributed by atoms with Crippen LogP contribution in [0.5, 0.6) is 5.75 Å². The highest BCUT2D eigenvalue weighted by Crippen LogP contribution is 2.21. The minimum absolute atomic E-state index is 0. The number of amides is 4. The van der Waals surface area contributed by atoms with Crippen LogP contribution in [0.1, 0.15) is 90.5 Å². The SMILES string of the molecule is C.C.C.C.CC.CC(=O)ON1C(=O)CCC1=O.CC(=O)Oc1ccccc1.CC(=O)On1nnc2ccccc21.COS(=O)(=O)C1CC(=O)N(OC(C)=O)C1=O. The van der Waals surface area contributed by atoms with Gasteiger partial charge in [0.2, 0.25) is 0 Å². The summed E-state index contributed by atoms with van der Waals surface area (Å²) in [5, 5.41) is 6.48. The van der Waals surface area contributed by atoms with E-state index in [0.29, 0.717) is 21.8 Å². The Morgan fingerprint density at radius 2 is 1.12 bits per heavy atom. The molecule has 4 amide bonds. The second-order valence-electron chi connectivity index (χ2n) is 9.57. The summed E-state index contributed by atoms with van der Waals surface area (Å²) in [6.07, 6.45) is -0.333. The zero-order chi connectivity index (χ0) is 39.6. The Balaban J connectivity index is -0.000000314. The summed E-state index contributed by atoms with van der Waals surface area (Å²) in [7, 11) is -3.28. The summed E-state index contributed by atoms with van der Waals surface area (Å²) < 4.78 is 31.4. The van der Waals surface area contributed by atoms with Gasteiger partial charge in [0.15, 0.2) is 5.25 Å². The standard InChI is InChI=1S/C8H7N3O2.C8H8O2.C7H9NO7S.C6H7NO4.C2H6.4CH4/c1-6(12)13-11-8-5-3-2-4-7(8)9-10-11;1-7(9)10-8-5-3-2-4-6-8;1-4(9)15-8-6(10)3-5(7(8)11)16(12,13)14-2;1-4(8)11-7-5(9)2-3-6(7)10;1-2;;;;/h2-5H,1H3;2-6H,1H3;5H,3H2,1-2H3;2-3H2,1H3;1-2H3;4*1H4. The number of aromatic nitrogens is 3. The maximum atomic E-state index is 11.4. The number of imide groups is 2. The Bertz CT molecular complexity index is 1850. The predicted molar refractivity (Wildman–Crippen MR) is 202 cm³/mol. The molecular weight excluding hydrogens is 762 g/mol. The summed E-state index contributed by atoms with van der Waals surface area (Å²) in [4.78, 5) is 101. The Labute approximate surface area is 326 Å².